The lowest BCUT2D eigenvalue weighted by molar-refractivity contribution is -0.122. The Hall–Kier alpha value is -2.62. The van der Waals surface area contributed by atoms with E-state index in [0.29, 0.717) is 6.54 Å². The van der Waals surface area contributed by atoms with Gasteiger partial charge in [-0.2, -0.15) is 0 Å². The molecule has 0 aliphatic rings. The first-order valence-corrected chi connectivity index (χ1v) is 9.23. The summed E-state index contributed by atoms with van der Waals surface area (Å²) in [5.41, 5.74) is 3.07. The van der Waals surface area contributed by atoms with Crippen molar-refractivity contribution in [2.45, 2.75) is 46.6 Å². The van der Waals surface area contributed by atoms with Gasteiger partial charge in [0, 0.05) is 11.6 Å². The molecule has 0 unspecified atom stereocenters. The number of amides is 1. The number of benzene rings is 2. The summed E-state index contributed by atoms with van der Waals surface area (Å²) in [6.07, 6.45) is 2.41. The Labute approximate surface area is 155 Å². The fourth-order valence-corrected chi connectivity index (χ4v) is 3.20. The Bertz CT molecular complexity index is 765. The van der Waals surface area contributed by atoms with Gasteiger partial charge in [-0.3, -0.25) is 4.79 Å². The van der Waals surface area contributed by atoms with E-state index >= 15 is 0 Å². The second-order valence-electron chi connectivity index (χ2n) is 6.43. The molecular formula is C22H27NO3. The van der Waals surface area contributed by atoms with E-state index in [-0.39, 0.29) is 17.4 Å². The number of rotatable bonds is 8. The van der Waals surface area contributed by atoms with Crippen molar-refractivity contribution >= 4 is 17.6 Å². The summed E-state index contributed by atoms with van der Waals surface area (Å²) in [7, 11) is 0. The third kappa shape index (κ3) is 4.51. The minimum Gasteiger partial charge on any atom is -0.478 e. The number of hydrogen-bond acceptors (Lipinski definition) is 2. The average molecular weight is 353 g/mol. The second kappa shape index (κ2) is 9.18. The molecule has 1 N–H and O–H groups in total. The predicted octanol–water partition coefficient (Wildman–Crippen LogP) is 4.92. The number of para-hydroxylation sites is 1. The zero-order valence-corrected chi connectivity index (χ0v) is 15.7. The molecule has 0 heterocycles. The van der Waals surface area contributed by atoms with Crippen LogP contribution in [-0.4, -0.2) is 17.0 Å². The highest BCUT2D eigenvalue weighted by atomic mass is 16.4. The maximum absolute atomic E-state index is 13.2. The molecule has 0 saturated heterocycles. The maximum Gasteiger partial charge on any atom is 0.335 e. The van der Waals surface area contributed by atoms with Crippen molar-refractivity contribution in [2.24, 2.45) is 5.92 Å². The Morgan fingerprint density at radius 3 is 2.31 bits per heavy atom. The van der Waals surface area contributed by atoms with Gasteiger partial charge in [-0.05, 0) is 48.6 Å². The van der Waals surface area contributed by atoms with E-state index in [1.54, 1.807) is 18.2 Å². The van der Waals surface area contributed by atoms with E-state index in [2.05, 4.69) is 6.92 Å². The number of carboxylic acid groups (broad SMARTS) is 1. The van der Waals surface area contributed by atoms with Gasteiger partial charge in [-0.15, -0.1) is 0 Å². The van der Waals surface area contributed by atoms with Crippen LogP contribution >= 0.6 is 0 Å². The van der Waals surface area contributed by atoms with E-state index in [4.69, 9.17) is 0 Å². The number of aromatic carboxylic acids is 1. The van der Waals surface area contributed by atoms with Crippen molar-refractivity contribution in [1.29, 1.82) is 0 Å². The van der Waals surface area contributed by atoms with Crippen LogP contribution in [0.25, 0.3) is 0 Å². The molecule has 0 aromatic heterocycles. The summed E-state index contributed by atoms with van der Waals surface area (Å²) in [5.74, 6) is -0.905. The van der Waals surface area contributed by atoms with Crippen LogP contribution in [0.1, 0.15) is 55.1 Å². The molecule has 2 rings (SSSR count). The van der Waals surface area contributed by atoms with Gasteiger partial charge in [0.15, 0.2) is 0 Å². The largest absolute Gasteiger partial charge is 0.478 e. The van der Waals surface area contributed by atoms with Gasteiger partial charge in [0.25, 0.3) is 0 Å². The van der Waals surface area contributed by atoms with Crippen molar-refractivity contribution in [3.05, 3.63) is 65.2 Å². The molecule has 4 nitrogen and oxygen atoms in total. The van der Waals surface area contributed by atoms with Gasteiger partial charge in [-0.25, -0.2) is 4.79 Å². The van der Waals surface area contributed by atoms with E-state index in [1.807, 2.05) is 49.1 Å². The highest BCUT2D eigenvalue weighted by Gasteiger charge is 2.24. The Kier molecular flexibility index (Phi) is 6.96. The van der Waals surface area contributed by atoms with E-state index in [9.17, 15) is 14.7 Å². The van der Waals surface area contributed by atoms with Crippen LogP contribution < -0.4 is 4.90 Å². The quantitative estimate of drug-likeness (QED) is 0.733. The molecule has 2 aromatic carbocycles. The highest BCUT2D eigenvalue weighted by molar-refractivity contribution is 5.95. The van der Waals surface area contributed by atoms with Crippen LogP contribution in [0.4, 0.5) is 5.69 Å². The number of carboxylic acids is 1. The summed E-state index contributed by atoms with van der Waals surface area (Å²) in [4.78, 5) is 26.3. The Balaban J connectivity index is 2.45. The monoisotopic (exact) mass is 353 g/mol. The molecule has 0 bridgehead atoms. The Morgan fingerprint density at radius 2 is 1.69 bits per heavy atom. The zero-order chi connectivity index (χ0) is 19.1. The molecule has 0 saturated carbocycles. The van der Waals surface area contributed by atoms with Crippen LogP contribution in [0.15, 0.2) is 48.5 Å². The maximum atomic E-state index is 13.2. The van der Waals surface area contributed by atoms with Gasteiger partial charge < -0.3 is 10.0 Å². The molecule has 0 fully saturated rings. The minimum absolute atomic E-state index is 0.0393. The summed E-state index contributed by atoms with van der Waals surface area (Å²) in [6.45, 7) is 6.50. The van der Waals surface area contributed by atoms with Crippen molar-refractivity contribution in [1.82, 2.24) is 0 Å². The third-order valence-corrected chi connectivity index (χ3v) is 4.78. The normalized spacial score (nSPS) is 10.8. The molecule has 2 aromatic rings. The molecule has 0 spiro atoms. The number of anilines is 1. The number of nitrogens with zero attached hydrogens (tertiary/aromatic N) is 1. The average Bonchev–Trinajstić information content (AvgIpc) is 2.67. The fourth-order valence-electron chi connectivity index (χ4n) is 3.20. The predicted molar refractivity (Wildman–Crippen MR) is 104 cm³/mol. The van der Waals surface area contributed by atoms with Crippen molar-refractivity contribution in [2.75, 3.05) is 4.90 Å². The van der Waals surface area contributed by atoms with Crippen LogP contribution in [0.2, 0.25) is 0 Å². The van der Waals surface area contributed by atoms with E-state index < -0.39 is 5.97 Å². The highest BCUT2D eigenvalue weighted by Crippen LogP contribution is 2.26. The van der Waals surface area contributed by atoms with Crippen molar-refractivity contribution in [3.63, 3.8) is 0 Å². The lowest BCUT2D eigenvalue weighted by atomic mass is 9.99. The van der Waals surface area contributed by atoms with Gasteiger partial charge in [0.1, 0.15) is 0 Å². The molecule has 138 valence electrons. The van der Waals surface area contributed by atoms with E-state index in [1.165, 1.54) is 0 Å². The van der Waals surface area contributed by atoms with Crippen molar-refractivity contribution in [3.8, 4) is 0 Å². The SMILES string of the molecule is CCc1ccccc1N(Cc1cccc(C(=O)O)c1)C(=O)C(CC)CC. The molecular weight excluding hydrogens is 326 g/mol. The standard InChI is InChI=1S/C22H27NO3/c1-4-17(5-2)21(24)23(20-13-8-7-11-18(20)6-3)15-16-10-9-12-19(14-16)22(25)26/h7-14,17H,4-6,15H2,1-3H3,(H,25,26). The molecule has 0 aliphatic heterocycles. The first-order valence-electron chi connectivity index (χ1n) is 9.23. The van der Waals surface area contributed by atoms with E-state index in [0.717, 1.165) is 36.1 Å². The van der Waals surface area contributed by atoms with Gasteiger partial charge >= 0.3 is 5.97 Å². The molecule has 1 amide bonds. The lowest BCUT2D eigenvalue weighted by Crippen LogP contribution is -2.36. The summed E-state index contributed by atoms with van der Waals surface area (Å²) >= 11 is 0. The second-order valence-corrected chi connectivity index (χ2v) is 6.43. The van der Waals surface area contributed by atoms with Gasteiger partial charge in [0.05, 0.1) is 12.1 Å². The molecule has 0 aliphatic carbocycles. The van der Waals surface area contributed by atoms with Crippen LogP contribution in [0, 0.1) is 5.92 Å². The van der Waals surface area contributed by atoms with Crippen LogP contribution in [-0.2, 0) is 17.8 Å². The summed E-state index contributed by atoms with van der Waals surface area (Å²) in [5, 5.41) is 9.24. The van der Waals surface area contributed by atoms with Crippen LogP contribution in [0.3, 0.4) is 0 Å². The number of carbonyl (C=O) groups excluding carboxylic acids is 1. The number of hydrogen-bond donors (Lipinski definition) is 1. The lowest BCUT2D eigenvalue weighted by Gasteiger charge is -2.28. The zero-order valence-electron chi connectivity index (χ0n) is 15.7. The van der Waals surface area contributed by atoms with Crippen molar-refractivity contribution < 1.29 is 14.7 Å². The molecule has 0 radical (unpaired) electrons. The summed E-state index contributed by atoms with van der Waals surface area (Å²) < 4.78 is 0. The fraction of sp³-hybridized carbons (Fsp3) is 0.364. The molecule has 26 heavy (non-hydrogen) atoms. The Morgan fingerprint density at radius 1 is 1.00 bits per heavy atom. The topological polar surface area (TPSA) is 57.6 Å². The molecule has 4 heteroatoms. The van der Waals surface area contributed by atoms with Gasteiger partial charge in [-0.1, -0.05) is 51.1 Å². The van der Waals surface area contributed by atoms with Crippen LogP contribution in [0.5, 0.6) is 0 Å². The first-order chi connectivity index (χ1) is 12.5. The minimum atomic E-state index is -0.960. The third-order valence-electron chi connectivity index (χ3n) is 4.78. The van der Waals surface area contributed by atoms with Gasteiger partial charge in [0.2, 0.25) is 5.91 Å². The molecule has 0 atom stereocenters. The first kappa shape index (κ1) is 19.7. The summed E-state index contributed by atoms with van der Waals surface area (Å²) in [6, 6.07) is 14.7. The number of aryl methyl sites for hydroxylation is 1. The smallest absolute Gasteiger partial charge is 0.335 e. The number of carbonyl (C=O) groups is 2.